The number of aromatic nitrogens is 2. The Morgan fingerprint density at radius 1 is 1.00 bits per heavy atom. The van der Waals surface area contributed by atoms with Gasteiger partial charge in [0, 0.05) is 37.5 Å². The minimum Gasteiger partial charge on any atom is -0.357 e. The number of rotatable bonds is 8. The summed E-state index contributed by atoms with van der Waals surface area (Å²) in [6, 6.07) is 8.68. The zero-order valence-electron chi connectivity index (χ0n) is 15.5. The van der Waals surface area contributed by atoms with Crippen LogP contribution >= 0.6 is 0 Å². The highest BCUT2D eigenvalue weighted by Gasteiger charge is 2.13. The molecule has 26 heavy (non-hydrogen) atoms. The van der Waals surface area contributed by atoms with Crippen LogP contribution in [-0.4, -0.2) is 34.9 Å². The van der Waals surface area contributed by atoms with Crippen molar-refractivity contribution in [3.63, 3.8) is 0 Å². The summed E-state index contributed by atoms with van der Waals surface area (Å²) in [5.74, 6) is 0.267. The molecule has 7 nitrogen and oxygen atoms in total. The summed E-state index contributed by atoms with van der Waals surface area (Å²) in [4.78, 5) is 34.2. The van der Waals surface area contributed by atoms with Crippen LogP contribution in [0.15, 0.2) is 36.7 Å². The monoisotopic (exact) mass is 355 g/mol. The van der Waals surface area contributed by atoms with Gasteiger partial charge in [0.05, 0.1) is 0 Å². The predicted molar refractivity (Wildman–Crippen MR) is 104 cm³/mol. The van der Waals surface area contributed by atoms with Crippen molar-refractivity contribution in [2.45, 2.75) is 33.6 Å². The Labute approximate surface area is 153 Å². The summed E-state index contributed by atoms with van der Waals surface area (Å²) in [7, 11) is 0. The molecule has 0 bridgehead atoms. The number of hydrogen-bond donors (Lipinski definition) is 2. The summed E-state index contributed by atoms with van der Waals surface area (Å²) in [5, 5.41) is 5.49. The van der Waals surface area contributed by atoms with Crippen molar-refractivity contribution in [1.29, 1.82) is 0 Å². The Hall–Kier alpha value is -2.96. The van der Waals surface area contributed by atoms with Crippen LogP contribution in [0.2, 0.25) is 0 Å². The molecular weight excluding hydrogens is 330 g/mol. The van der Waals surface area contributed by atoms with Gasteiger partial charge in [0.2, 0.25) is 5.91 Å². The maximum absolute atomic E-state index is 12.5. The molecule has 0 aliphatic heterocycles. The molecule has 1 aromatic carbocycles. The van der Waals surface area contributed by atoms with Crippen molar-refractivity contribution in [3.8, 4) is 0 Å². The van der Waals surface area contributed by atoms with Crippen LogP contribution in [0.25, 0.3) is 0 Å². The van der Waals surface area contributed by atoms with Crippen LogP contribution in [-0.2, 0) is 4.79 Å². The molecule has 2 N–H and O–H groups in total. The highest BCUT2D eigenvalue weighted by Crippen LogP contribution is 2.17. The second-order valence-electron chi connectivity index (χ2n) is 5.96. The third kappa shape index (κ3) is 5.54. The quantitative estimate of drug-likeness (QED) is 0.758. The van der Waals surface area contributed by atoms with Crippen LogP contribution in [0.5, 0.6) is 0 Å². The largest absolute Gasteiger partial charge is 0.357 e. The van der Waals surface area contributed by atoms with E-state index in [1.807, 2.05) is 0 Å². The van der Waals surface area contributed by atoms with Gasteiger partial charge in [-0.25, -0.2) is 9.97 Å². The third-order valence-electron chi connectivity index (χ3n) is 3.64. The highest BCUT2D eigenvalue weighted by molar-refractivity contribution is 6.03. The lowest BCUT2D eigenvalue weighted by atomic mass is 10.2. The van der Waals surface area contributed by atoms with Crippen molar-refractivity contribution in [3.05, 3.63) is 42.4 Å². The first kappa shape index (κ1) is 19.4. The van der Waals surface area contributed by atoms with Crippen molar-refractivity contribution in [1.82, 2.24) is 9.97 Å². The third-order valence-corrected chi connectivity index (χ3v) is 3.64. The smallest absolute Gasteiger partial charge is 0.274 e. The molecule has 0 radical (unpaired) electrons. The zero-order chi connectivity index (χ0) is 18.9. The summed E-state index contributed by atoms with van der Waals surface area (Å²) in [6.07, 6.45) is 3.42. The molecule has 0 atom stereocenters. The lowest BCUT2D eigenvalue weighted by molar-refractivity contribution is -0.114. The fourth-order valence-electron chi connectivity index (χ4n) is 2.60. The fraction of sp³-hybridized carbons (Fsp3) is 0.368. The maximum Gasteiger partial charge on any atom is 0.274 e. The van der Waals surface area contributed by atoms with E-state index in [0.29, 0.717) is 17.1 Å². The number of amides is 2. The van der Waals surface area contributed by atoms with E-state index in [1.165, 1.54) is 13.3 Å². The molecule has 1 aromatic heterocycles. The Bertz CT molecular complexity index is 757. The summed E-state index contributed by atoms with van der Waals surface area (Å²) in [6.45, 7) is 7.42. The van der Waals surface area contributed by atoms with E-state index in [4.69, 9.17) is 0 Å². The van der Waals surface area contributed by atoms with Crippen LogP contribution in [0.1, 0.15) is 44.1 Å². The zero-order valence-corrected chi connectivity index (χ0v) is 15.5. The fourth-order valence-corrected chi connectivity index (χ4v) is 2.60. The van der Waals surface area contributed by atoms with E-state index < -0.39 is 0 Å². The summed E-state index contributed by atoms with van der Waals surface area (Å²) >= 11 is 0. The van der Waals surface area contributed by atoms with Crippen LogP contribution in [0, 0.1) is 0 Å². The second-order valence-corrected chi connectivity index (χ2v) is 5.96. The van der Waals surface area contributed by atoms with Gasteiger partial charge >= 0.3 is 0 Å². The van der Waals surface area contributed by atoms with Gasteiger partial charge in [-0.1, -0.05) is 19.9 Å². The Balaban J connectivity index is 2.14. The molecule has 7 heteroatoms. The lowest BCUT2D eigenvalue weighted by Gasteiger charge is -2.22. The average Bonchev–Trinajstić information content (AvgIpc) is 2.61. The van der Waals surface area contributed by atoms with Crippen molar-refractivity contribution in [2.24, 2.45) is 0 Å². The van der Waals surface area contributed by atoms with Gasteiger partial charge in [0.1, 0.15) is 17.8 Å². The number of benzene rings is 1. The minimum absolute atomic E-state index is 0.166. The number of carbonyl (C=O) groups is 2. The Morgan fingerprint density at radius 3 is 2.27 bits per heavy atom. The van der Waals surface area contributed by atoms with Gasteiger partial charge in [0.15, 0.2) is 0 Å². The molecule has 0 fully saturated rings. The first-order chi connectivity index (χ1) is 12.5. The van der Waals surface area contributed by atoms with E-state index in [2.05, 4.69) is 39.3 Å². The van der Waals surface area contributed by atoms with Crippen LogP contribution in [0.3, 0.4) is 0 Å². The molecule has 1 heterocycles. The Morgan fingerprint density at radius 2 is 1.65 bits per heavy atom. The molecule has 0 spiro atoms. The number of carbonyl (C=O) groups excluding carboxylic acids is 2. The van der Waals surface area contributed by atoms with Gasteiger partial charge in [-0.05, 0) is 31.0 Å². The molecule has 0 aliphatic carbocycles. The Kier molecular flexibility index (Phi) is 7.08. The molecule has 2 aromatic rings. The van der Waals surface area contributed by atoms with Crippen molar-refractivity contribution >= 4 is 29.0 Å². The van der Waals surface area contributed by atoms with E-state index >= 15 is 0 Å². The average molecular weight is 355 g/mol. The van der Waals surface area contributed by atoms with Gasteiger partial charge in [-0.15, -0.1) is 0 Å². The number of anilines is 3. The second kappa shape index (κ2) is 9.50. The molecule has 0 aliphatic rings. The van der Waals surface area contributed by atoms with Crippen molar-refractivity contribution in [2.75, 3.05) is 28.6 Å². The molecule has 138 valence electrons. The normalized spacial score (nSPS) is 10.3. The van der Waals surface area contributed by atoms with Gasteiger partial charge in [-0.3, -0.25) is 9.59 Å². The minimum atomic E-state index is -0.318. The molecule has 2 rings (SSSR count). The number of nitrogens with zero attached hydrogens (tertiary/aromatic N) is 3. The van der Waals surface area contributed by atoms with Crippen molar-refractivity contribution < 1.29 is 9.59 Å². The van der Waals surface area contributed by atoms with E-state index in [9.17, 15) is 9.59 Å². The SMILES string of the molecule is CCCN(CCC)c1cc(C(=O)Nc2cccc(NC(C)=O)c2)ncn1. The van der Waals surface area contributed by atoms with Gasteiger partial charge in [-0.2, -0.15) is 0 Å². The summed E-state index contributed by atoms with van der Waals surface area (Å²) in [5.41, 5.74) is 1.51. The maximum atomic E-state index is 12.5. The molecule has 0 saturated heterocycles. The van der Waals surface area contributed by atoms with E-state index in [-0.39, 0.29) is 11.8 Å². The highest BCUT2D eigenvalue weighted by atomic mass is 16.2. The van der Waals surface area contributed by atoms with Crippen LogP contribution < -0.4 is 15.5 Å². The molecule has 2 amide bonds. The van der Waals surface area contributed by atoms with E-state index in [1.54, 1.807) is 30.3 Å². The number of hydrogen-bond acceptors (Lipinski definition) is 5. The van der Waals surface area contributed by atoms with Crippen LogP contribution in [0.4, 0.5) is 17.2 Å². The molecule has 0 saturated carbocycles. The van der Waals surface area contributed by atoms with Gasteiger partial charge in [0.25, 0.3) is 5.91 Å². The topological polar surface area (TPSA) is 87.2 Å². The summed E-state index contributed by atoms with van der Waals surface area (Å²) < 4.78 is 0. The van der Waals surface area contributed by atoms with E-state index in [0.717, 1.165) is 31.7 Å². The first-order valence-electron chi connectivity index (χ1n) is 8.79. The molecular formula is C19H25N5O2. The standard InChI is InChI=1S/C19H25N5O2/c1-4-9-24(10-5-2)18-12-17(20-13-21-18)19(26)23-16-8-6-7-15(11-16)22-14(3)25/h6-8,11-13H,4-5,9-10H2,1-3H3,(H,22,25)(H,23,26). The van der Waals surface area contributed by atoms with Gasteiger partial charge < -0.3 is 15.5 Å². The lowest BCUT2D eigenvalue weighted by Crippen LogP contribution is -2.26. The number of nitrogens with one attached hydrogen (secondary N) is 2. The molecule has 0 unspecified atom stereocenters. The predicted octanol–water partition coefficient (Wildman–Crippen LogP) is 3.31. The first-order valence-corrected chi connectivity index (χ1v) is 8.79.